The van der Waals surface area contributed by atoms with Crippen molar-refractivity contribution in [3.63, 3.8) is 0 Å². The number of amides is 3. The smallest absolute Gasteiger partial charge is 0.277 e. The van der Waals surface area contributed by atoms with E-state index in [2.05, 4.69) is 20.5 Å². The number of nitrogens with one attached hydrogen (secondary N) is 1. The van der Waals surface area contributed by atoms with Gasteiger partial charge in [-0.1, -0.05) is 36.0 Å². The lowest BCUT2D eigenvalue weighted by Gasteiger charge is -2.26. The van der Waals surface area contributed by atoms with Gasteiger partial charge in [-0.3, -0.25) is 19.3 Å². The van der Waals surface area contributed by atoms with E-state index in [1.807, 2.05) is 12.1 Å². The van der Waals surface area contributed by atoms with E-state index in [4.69, 9.17) is 4.42 Å². The second-order valence-electron chi connectivity index (χ2n) is 6.86. The Morgan fingerprint density at radius 2 is 1.84 bits per heavy atom. The lowest BCUT2D eigenvalue weighted by atomic mass is 9.94. The lowest BCUT2D eigenvalue weighted by Crippen LogP contribution is -2.41. The third-order valence-corrected chi connectivity index (χ3v) is 6.37. The number of anilines is 1. The third kappa shape index (κ3) is 3.87. The summed E-state index contributed by atoms with van der Waals surface area (Å²) in [5.74, 6) is -0.544. The van der Waals surface area contributed by atoms with Crippen molar-refractivity contribution in [2.45, 2.75) is 11.6 Å². The SMILES string of the molecule is O=C(CSc1nnc(CCN2C(=O)c3cccc4cccc(c34)C2=O)o1)Nc1nccs1. The molecule has 2 aromatic carbocycles. The molecule has 0 radical (unpaired) electrons. The molecule has 2 aromatic heterocycles. The third-order valence-electron chi connectivity index (χ3n) is 4.86. The zero-order valence-corrected chi connectivity index (χ0v) is 18.1. The second-order valence-corrected chi connectivity index (χ2v) is 8.68. The maximum atomic E-state index is 12.9. The summed E-state index contributed by atoms with van der Waals surface area (Å²) < 4.78 is 5.56. The highest BCUT2D eigenvalue weighted by atomic mass is 32.2. The van der Waals surface area contributed by atoms with E-state index in [1.54, 1.807) is 35.8 Å². The number of thiazole rings is 1. The van der Waals surface area contributed by atoms with Crippen LogP contribution in [-0.4, -0.2) is 50.1 Å². The molecule has 0 atom stereocenters. The zero-order valence-electron chi connectivity index (χ0n) is 16.5. The molecule has 0 unspecified atom stereocenters. The van der Waals surface area contributed by atoms with Crippen molar-refractivity contribution < 1.29 is 18.8 Å². The molecule has 160 valence electrons. The van der Waals surface area contributed by atoms with E-state index < -0.39 is 0 Å². The first-order chi connectivity index (χ1) is 15.6. The Bertz CT molecular complexity index is 1280. The van der Waals surface area contributed by atoms with E-state index in [-0.39, 0.29) is 47.6 Å². The number of thioether (sulfide) groups is 1. The van der Waals surface area contributed by atoms with Crippen molar-refractivity contribution in [3.05, 3.63) is 65.0 Å². The van der Waals surface area contributed by atoms with Crippen LogP contribution in [0.25, 0.3) is 10.8 Å². The maximum absolute atomic E-state index is 12.9. The molecule has 4 aromatic rings. The molecule has 3 heterocycles. The van der Waals surface area contributed by atoms with Crippen LogP contribution in [0, 0.1) is 0 Å². The molecular weight excluding hydrogens is 450 g/mol. The van der Waals surface area contributed by atoms with E-state index in [9.17, 15) is 14.4 Å². The Morgan fingerprint density at radius 1 is 1.09 bits per heavy atom. The van der Waals surface area contributed by atoms with Gasteiger partial charge < -0.3 is 9.73 Å². The van der Waals surface area contributed by atoms with Gasteiger partial charge in [0.25, 0.3) is 17.0 Å². The molecule has 5 rings (SSSR count). The van der Waals surface area contributed by atoms with Crippen molar-refractivity contribution in [2.75, 3.05) is 17.6 Å². The van der Waals surface area contributed by atoms with Gasteiger partial charge in [-0.15, -0.1) is 21.5 Å². The highest BCUT2D eigenvalue weighted by Crippen LogP contribution is 2.30. The molecular formula is C21H15N5O4S2. The van der Waals surface area contributed by atoms with Crippen LogP contribution in [-0.2, 0) is 11.2 Å². The number of nitrogens with zero attached hydrogens (tertiary/aromatic N) is 4. The average molecular weight is 466 g/mol. The summed E-state index contributed by atoms with van der Waals surface area (Å²) in [7, 11) is 0. The fourth-order valence-electron chi connectivity index (χ4n) is 3.46. The first-order valence-corrected chi connectivity index (χ1v) is 11.5. The first kappa shape index (κ1) is 20.3. The number of aromatic nitrogens is 3. The number of rotatable bonds is 7. The lowest BCUT2D eigenvalue weighted by molar-refractivity contribution is -0.113. The van der Waals surface area contributed by atoms with Crippen molar-refractivity contribution >= 4 is 56.7 Å². The molecule has 0 saturated carbocycles. The maximum Gasteiger partial charge on any atom is 0.277 e. The molecule has 0 spiro atoms. The Kier molecular flexibility index (Phi) is 5.41. The molecule has 1 aliphatic rings. The Morgan fingerprint density at radius 3 is 2.53 bits per heavy atom. The highest BCUT2D eigenvalue weighted by molar-refractivity contribution is 7.99. The summed E-state index contributed by atoms with van der Waals surface area (Å²) in [6.45, 7) is 0.110. The summed E-state index contributed by atoms with van der Waals surface area (Å²) >= 11 is 2.43. The fraction of sp³-hybridized carbons (Fsp3) is 0.143. The van der Waals surface area contributed by atoms with Gasteiger partial charge in [-0.05, 0) is 17.5 Å². The monoisotopic (exact) mass is 465 g/mol. The Labute approximate surface area is 189 Å². The zero-order chi connectivity index (χ0) is 22.1. The van der Waals surface area contributed by atoms with Crippen molar-refractivity contribution in [1.82, 2.24) is 20.1 Å². The summed E-state index contributed by atoms with van der Waals surface area (Å²) in [6, 6.07) is 10.8. The first-order valence-electron chi connectivity index (χ1n) is 9.62. The second kappa shape index (κ2) is 8.52. The van der Waals surface area contributed by atoms with Gasteiger partial charge in [-0.25, -0.2) is 4.98 Å². The normalized spacial score (nSPS) is 13.1. The van der Waals surface area contributed by atoms with Crippen LogP contribution in [0.4, 0.5) is 5.13 Å². The number of carbonyl (C=O) groups excluding carboxylic acids is 3. The summed E-state index contributed by atoms with van der Waals surface area (Å²) in [5, 5.41) is 14.6. The number of hydrogen-bond donors (Lipinski definition) is 1. The van der Waals surface area contributed by atoms with Gasteiger partial charge >= 0.3 is 0 Å². The van der Waals surface area contributed by atoms with Crippen molar-refractivity contribution in [1.29, 1.82) is 0 Å². The molecule has 32 heavy (non-hydrogen) atoms. The summed E-state index contributed by atoms with van der Waals surface area (Å²) in [6.07, 6.45) is 1.82. The summed E-state index contributed by atoms with van der Waals surface area (Å²) in [5.41, 5.74) is 1.01. The van der Waals surface area contributed by atoms with E-state index in [0.29, 0.717) is 21.6 Å². The number of imide groups is 1. The molecule has 3 amide bonds. The predicted octanol–water partition coefficient (Wildman–Crippen LogP) is 3.25. The van der Waals surface area contributed by atoms with Gasteiger partial charge in [0.15, 0.2) is 5.13 Å². The molecule has 0 saturated heterocycles. The van der Waals surface area contributed by atoms with Gasteiger partial charge in [0.05, 0.1) is 5.75 Å². The molecule has 0 aliphatic carbocycles. The predicted molar refractivity (Wildman–Crippen MR) is 119 cm³/mol. The van der Waals surface area contributed by atoms with Crippen LogP contribution in [0.5, 0.6) is 0 Å². The van der Waals surface area contributed by atoms with E-state index >= 15 is 0 Å². The topological polar surface area (TPSA) is 118 Å². The Hall–Kier alpha value is -3.57. The van der Waals surface area contributed by atoms with Crippen LogP contribution < -0.4 is 5.32 Å². The van der Waals surface area contributed by atoms with Gasteiger partial charge in [-0.2, -0.15) is 0 Å². The number of carbonyl (C=O) groups is 3. The number of benzene rings is 2. The van der Waals surface area contributed by atoms with Crippen molar-refractivity contribution in [2.24, 2.45) is 0 Å². The molecule has 11 heteroatoms. The van der Waals surface area contributed by atoms with Gasteiger partial charge in [0.1, 0.15) is 0 Å². The van der Waals surface area contributed by atoms with Crippen LogP contribution in [0.2, 0.25) is 0 Å². The van der Waals surface area contributed by atoms with Crippen LogP contribution >= 0.6 is 23.1 Å². The molecule has 9 nitrogen and oxygen atoms in total. The van der Waals surface area contributed by atoms with Crippen LogP contribution in [0.3, 0.4) is 0 Å². The molecule has 0 fully saturated rings. The largest absolute Gasteiger partial charge is 0.416 e. The minimum atomic E-state index is -0.340. The van der Waals surface area contributed by atoms with E-state index in [1.165, 1.54) is 16.2 Å². The number of hydrogen-bond acceptors (Lipinski definition) is 9. The minimum Gasteiger partial charge on any atom is -0.416 e. The molecule has 0 bridgehead atoms. The Balaban J connectivity index is 1.22. The van der Waals surface area contributed by atoms with Crippen LogP contribution in [0.15, 0.2) is 57.6 Å². The molecule has 1 aliphatic heterocycles. The van der Waals surface area contributed by atoms with Crippen molar-refractivity contribution in [3.8, 4) is 0 Å². The minimum absolute atomic E-state index is 0.0884. The highest BCUT2D eigenvalue weighted by Gasteiger charge is 2.32. The standard InChI is InChI=1S/C21H15N5O4S2/c27-15(23-20-22-8-10-31-20)11-32-21-25-24-16(30-21)7-9-26-18(28)13-5-1-3-12-4-2-6-14(17(12)13)19(26)29/h1-6,8,10H,7,9,11H2,(H,22,23,27). The van der Waals surface area contributed by atoms with Gasteiger partial charge in [0.2, 0.25) is 11.8 Å². The van der Waals surface area contributed by atoms with Gasteiger partial charge in [0, 0.05) is 41.1 Å². The van der Waals surface area contributed by atoms with E-state index in [0.717, 1.165) is 17.1 Å². The average Bonchev–Trinajstić information content (AvgIpc) is 3.48. The molecule has 1 N–H and O–H groups in total. The quantitative estimate of drug-likeness (QED) is 0.326. The van der Waals surface area contributed by atoms with Crippen LogP contribution in [0.1, 0.15) is 26.6 Å². The summed E-state index contributed by atoms with van der Waals surface area (Å²) in [4.78, 5) is 43.0. The fourth-order valence-corrected chi connectivity index (χ4v) is 4.58.